The second-order valence-corrected chi connectivity index (χ2v) is 7.13. The molecule has 0 aliphatic heterocycles. The predicted octanol–water partition coefficient (Wildman–Crippen LogP) is 5.92. The van der Waals surface area contributed by atoms with E-state index in [1.807, 2.05) is 0 Å². The molecule has 0 bridgehead atoms. The first-order chi connectivity index (χ1) is 10.0. The van der Waals surface area contributed by atoms with Gasteiger partial charge in [0, 0.05) is 8.95 Å². The van der Waals surface area contributed by atoms with Crippen LogP contribution >= 0.6 is 31.9 Å². The molecular weight excluding hydrogens is 390 g/mol. The minimum Gasteiger partial charge on any atom is -0.306 e. The predicted molar refractivity (Wildman–Crippen MR) is 97.9 cm³/mol. The first kappa shape index (κ1) is 16.7. The number of aryl methyl sites for hydroxylation is 2. The number of rotatable bonds is 5. The van der Waals surface area contributed by atoms with Gasteiger partial charge in [0.1, 0.15) is 0 Å². The molecular formula is C18H21Br2N. The third-order valence-electron chi connectivity index (χ3n) is 3.56. The minimum atomic E-state index is 0.205. The molecule has 0 aliphatic carbocycles. The van der Waals surface area contributed by atoms with Crippen LogP contribution in [0.15, 0.2) is 45.3 Å². The van der Waals surface area contributed by atoms with Gasteiger partial charge >= 0.3 is 0 Å². The summed E-state index contributed by atoms with van der Waals surface area (Å²) in [7, 11) is 0. The van der Waals surface area contributed by atoms with Gasteiger partial charge in [0.05, 0.1) is 6.04 Å². The van der Waals surface area contributed by atoms with Crippen LogP contribution in [0.4, 0.5) is 0 Å². The van der Waals surface area contributed by atoms with Crippen LogP contribution in [-0.4, -0.2) is 6.54 Å². The molecule has 2 rings (SSSR count). The molecule has 2 aromatic rings. The van der Waals surface area contributed by atoms with Gasteiger partial charge in [-0.1, -0.05) is 68.6 Å². The number of hydrogen-bond acceptors (Lipinski definition) is 1. The van der Waals surface area contributed by atoms with Crippen molar-refractivity contribution in [1.82, 2.24) is 5.32 Å². The lowest BCUT2D eigenvalue weighted by molar-refractivity contribution is 0.596. The van der Waals surface area contributed by atoms with E-state index < -0.39 is 0 Å². The lowest BCUT2D eigenvalue weighted by atomic mass is 9.96. The molecule has 0 radical (unpaired) electrons. The van der Waals surface area contributed by atoms with Crippen molar-refractivity contribution in [2.75, 3.05) is 6.54 Å². The Kier molecular flexibility index (Phi) is 6.03. The van der Waals surface area contributed by atoms with Crippen LogP contribution in [-0.2, 0) is 0 Å². The van der Waals surface area contributed by atoms with E-state index >= 15 is 0 Å². The van der Waals surface area contributed by atoms with Crippen LogP contribution in [0, 0.1) is 13.8 Å². The zero-order valence-corrected chi connectivity index (χ0v) is 15.9. The van der Waals surface area contributed by atoms with Crippen molar-refractivity contribution < 1.29 is 0 Å². The largest absolute Gasteiger partial charge is 0.306 e. The van der Waals surface area contributed by atoms with E-state index in [1.165, 1.54) is 22.3 Å². The lowest BCUT2D eigenvalue weighted by Crippen LogP contribution is -2.23. The van der Waals surface area contributed by atoms with E-state index in [1.54, 1.807) is 0 Å². The fraction of sp³-hybridized carbons (Fsp3) is 0.333. The van der Waals surface area contributed by atoms with Gasteiger partial charge < -0.3 is 5.32 Å². The average Bonchev–Trinajstić information content (AvgIpc) is 2.44. The Morgan fingerprint density at radius 3 is 2.48 bits per heavy atom. The van der Waals surface area contributed by atoms with Gasteiger partial charge in [-0.05, 0) is 55.6 Å². The molecule has 2 aromatic carbocycles. The van der Waals surface area contributed by atoms with E-state index in [4.69, 9.17) is 0 Å². The van der Waals surface area contributed by atoms with Gasteiger partial charge in [0.25, 0.3) is 0 Å². The van der Waals surface area contributed by atoms with Gasteiger partial charge in [-0.25, -0.2) is 0 Å². The van der Waals surface area contributed by atoms with Crippen LogP contribution in [0.5, 0.6) is 0 Å². The first-order valence-electron chi connectivity index (χ1n) is 7.28. The van der Waals surface area contributed by atoms with E-state index in [-0.39, 0.29) is 6.04 Å². The maximum absolute atomic E-state index is 3.73. The third-order valence-corrected chi connectivity index (χ3v) is 5.10. The van der Waals surface area contributed by atoms with Crippen molar-refractivity contribution in [3.8, 4) is 0 Å². The second-order valence-electron chi connectivity index (χ2n) is 5.42. The van der Waals surface area contributed by atoms with E-state index in [0.29, 0.717) is 0 Å². The molecule has 3 heteroatoms. The van der Waals surface area contributed by atoms with Gasteiger partial charge in [0.2, 0.25) is 0 Å². The van der Waals surface area contributed by atoms with Gasteiger partial charge in [-0.3, -0.25) is 0 Å². The molecule has 112 valence electrons. The summed E-state index contributed by atoms with van der Waals surface area (Å²) in [4.78, 5) is 0. The normalized spacial score (nSPS) is 12.4. The Morgan fingerprint density at radius 2 is 1.81 bits per heavy atom. The van der Waals surface area contributed by atoms with Crippen molar-refractivity contribution in [1.29, 1.82) is 0 Å². The number of halogens is 2. The molecule has 0 amide bonds. The summed E-state index contributed by atoms with van der Waals surface area (Å²) < 4.78 is 2.30. The summed E-state index contributed by atoms with van der Waals surface area (Å²) in [6.07, 6.45) is 1.12. The number of benzene rings is 2. The van der Waals surface area contributed by atoms with Gasteiger partial charge in [-0.15, -0.1) is 0 Å². The number of nitrogens with one attached hydrogen (secondary N) is 1. The average molecular weight is 411 g/mol. The molecule has 0 spiro atoms. The SMILES string of the molecule is CCCNC(c1cccc(C)c1)c1cc(Br)c(C)cc1Br. The van der Waals surface area contributed by atoms with Crippen molar-refractivity contribution in [2.45, 2.75) is 33.2 Å². The fourth-order valence-corrected chi connectivity index (χ4v) is 3.48. The molecule has 1 N–H and O–H groups in total. The van der Waals surface area contributed by atoms with Crippen LogP contribution in [0.2, 0.25) is 0 Å². The fourth-order valence-electron chi connectivity index (χ4n) is 2.43. The maximum Gasteiger partial charge on any atom is 0.0588 e. The summed E-state index contributed by atoms with van der Waals surface area (Å²) in [6, 6.07) is 13.3. The highest BCUT2D eigenvalue weighted by Gasteiger charge is 2.17. The molecule has 0 fully saturated rings. The topological polar surface area (TPSA) is 12.0 Å². The molecule has 0 aromatic heterocycles. The number of hydrogen-bond donors (Lipinski definition) is 1. The molecule has 1 unspecified atom stereocenters. The first-order valence-corrected chi connectivity index (χ1v) is 8.87. The summed E-state index contributed by atoms with van der Waals surface area (Å²) in [6.45, 7) is 7.44. The Bertz CT molecular complexity index is 623. The molecule has 0 heterocycles. The van der Waals surface area contributed by atoms with E-state index in [0.717, 1.165) is 21.9 Å². The van der Waals surface area contributed by atoms with E-state index in [9.17, 15) is 0 Å². The smallest absolute Gasteiger partial charge is 0.0588 e. The highest BCUT2D eigenvalue weighted by molar-refractivity contribution is 9.11. The summed E-state index contributed by atoms with van der Waals surface area (Å²) >= 11 is 7.38. The van der Waals surface area contributed by atoms with Crippen LogP contribution in [0.3, 0.4) is 0 Å². The monoisotopic (exact) mass is 409 g/mol. The quantitative estimate of drug-likeness (QED) is 0.645. The van der Waals surface area contributed by atoms with Crippen molar-refractivity contribution in [2.24, 2.45) is 0 Å². The van der Waals surface area contributed by atoms with Crippen LogP contribution < -0.4 is 5.32 Å². The Morgan fingerprint density at radius 1 is 1.05 bits per heavy atom. The summed E-state index contributed by atoms with van der Waals surface area (Å²) in [5, 5.41) is 3.67. The third kappa shape index (κ3) is 4.18. The van der Waals surface area contributed by atoms with Gasteiger partial charge in [0.15, 0.2) is 0 Å². The standard InChI is InChI=1S/C18H21Br2N/c1-4-8-21-18(14-7-5-6-12(2)9-14)15-11-16(19)13(3)10-17(15)20/h5-7,9-11,18,21H,4,8H2,1-3H3. The van der Waals surface area contributed by atoms with Crippen LogP contribution in [0.1, 0.15) is 41.6 Å². The molecule has 0 saturated heterocycles. The summed E-state index contributed by atoms with van der Waals surface area (Å²) in [5.74, 6) is 0. The Balaban J connectivity index is 2.47. The lowest BCUT2D eigenvalue weighted by Gasteiger charge is -2.22. The van der Waals surface area contributed by atoms with Crippen LogP contribution in [0.25, 0.3) is 0 Å². The zero-order valence-electron chi connectivity index (χ0n) is 12.7. The van der Waals surface area contributed by atoms with Crippen molar-refractivity contribution in [3.05, 3.63) is 67.6 Å². The zero-order chi connectivity index (χ0) is 15.4. The van der Waals surface area contributed by atoms with Gasteiger partial charge in [-0.2, -0.15) is 0 Å². The molecule has 0 saturated carbocycles. The highest BCUT2D eigenvalue weighted by Crippen LogP contribution is 2.33. The molecule has 1 nitrogen and oxygen atoms in total. The molecule has 21 heavy (non-hydrogen) atoms. The second kappa shape index (κ2) is 7.57. The molecule has 1 atom stereocenters. The maximum atomic E-state index is 3.73. The van der Waals surface area contributed by atoms with E-state index in [2.05, 4.69) is 94.3 Å². The minimum absolute atomic E-state index is 0.205. The Labute approximate surface area is 144 Å². The summed E-state index contributed by atoms with van der Waals surface area (Å²) in [5.41, 5.74) is 5.11. The molecule has 0 aliphatic rings. The van der Waals surface area contributed by atoms with Crippen molar-refractivity contribution >= 4 is 31.9 Å². The van der Waals surface area contributed by atoms with Crippen molar-refractivity contribution in [3.63, 3.8) is 0 Å². The highest BCUT2D eigenvalue weighted by atomic mass is 79.9. The Hall–Kier alpha value is -0.640.